The molecule has 0 spiro atoms. The monoisotopic (exact) mass is 270 g/mol. The Balaban J connectivity index is 2.02. The molecule has 3 N–H and O–H groups in total. The largest absolute Gasteiger partial charge is 0.486 e. The van der Waals surface area contributed by atoms with Crippen molar-refractivity contribution < 1.29 is 13.7 Å². The maximum absolute atomic E-state index is 11.3. The summed E-state index contributed by atoms with van der Waals surface area (Å²) in [5.41, 5.74) is 7.33. The lowest BCUT2D eigenvalue weighted by Crippen LogP contribution is -2.17. The van der Waals surface area contributed by atoms with Crippen LogP contribution in [0, 0.1) is 0 Å². The quantitative estimate of drug-likeness (QED) is 0.787. The lowest BCUT2D eigenvalue weighted by molar-refractivity contribution is 0.172. The van der Waals surface area contributed by atoms with Gasteiger partial charge in [0.15, 0.2) is 11.5 Å². The number of benzene rings is 1. The third-order valence-electron chi connectivity index (χ3n) is 2.68. The van der Waals surface area contributed by atoms with Crippen molar-refractivity contribution in [1.29, 1.82) is 0 Å². The van der Waals surface area contributed by atoms with Crippen LogP contribution in [0.5, 0.6) is 11.5 Å². The molecule has 1 aromatic carbocycles. The average molecular weight is 270 g/mol. The van der Waals surface area contributed by atoms with Crippen molar-refractivity contribution in [3.8, 4) is 11.5 Å². The fourth-order valence-corrected chi connectivity index (χ4v) is 2.32. The van der Waals surface area contributed by atoms with Crippen LogP contribution < -0.4 is 20.5 Å². The van der Waals surface area contributed by atoms with Crippen molar-refractivity contribution in [2.75, 3.05) is 42.3 Å². The molecule has 1 aliphatic heterocycles. The fraction of sp³-hybridized carbons (Fsp3) is 0.500. The first-order chi connectivity index (χ1) is 8.70. The van der Waals surface area contributed by atoms with Crippen LogP contribution in [-0.4, -0.2) is 35.5 Å². The highest BCUT2D eigenvalue weighted by atomic mass is 32.2. The molecule has 18 heavy (non-hydrogen) atoms. The second kappa shape index (κ2) is 5.95. The highest BCUT2D eigenvalue weighted by Gasteiger charge is 2.14. The number of ether oxygens (including phenoxy) is 2. The van der Waals surface area contributed by atoms with E-state index < -0.39 is 10.8 Å². The van der Waals surface area contributed by atoms with Gasteiger partial charge in [-0.15, -0.1) is 0 Å². The maximum atomic E-state index is 11.3. The zero-order chi connectivity index (χ0) is 13.0. The molecule has 100 valence electrons. The molecule has 0 aromatic heterocycles. The van der Waals surface area contributed by atoms with Crippen LogP contribution in [-0.2, 0) is 10.8 Å². The molecular formula is C12H18N2O3S. The fourth-order valence-electron chi connectivity index (χ4n) is 1.70. The van der Waals surface area contributed by atoms with Crippen molar-refractivity contribution in [2.45, 2.75) is 6.92 Å². The Bertz CT molecular complexity index is 451. The average Bonchev–Trinajstić information content (AvgIpc) is 2.39. The summed E-state index contributed by atoms with van der Waals surface area (Å²) in [4.78, 5) is 0. The second-order valence-electron chi connectivity index (χ2n) is 3.94. The minimum Gasteiger partial charge on any atom is -0.486 e. The highest BCUT2D eigenvalue weighted by Crippen LogP contribution is 2.36. The number of hydrogen-bond acceptors (Lipinski definition) is 5. The van der Waals surface area contributed by atoms with Gasteiger partial charge in [-0.05, 0) is 0 Å². The van der Waals surface area contributed by atoms with Gasteiger partial charge in [0.1, 0.15) is 13.2 Å². The van der Waals surface area contributed by atoms with E-state index in [0.29, 0.717) is 48.5 Å². The number of hydrogen-bond donors (Lipinski definition) is 2. The number of anilines is 2. The number of fused-ring (bicyclic) bond motifs is 1. The summed E-state index contributed by atoms with van der Waals surface area (Å²) in [7, 11) is -0.768. The molecule has 1 atom stereocenters. The van der Waals surface area contributed by atoms with Crippen molar-refractivity contribution in [3.05, 3.63) is 12.1 Å². The Morgan fingerprint density at radius 2 is 2.00 bits per heavy atom. The summed E-state index contributed by atoms with van der Waals surface area (Å²) in [5, 5.41) is 3.17. The smallest absolute Gasteiger partial charge is 0.163 e. The third kappa shape index (κ3) is 3.07. The SMILES string of the molecule is CCS(=O)CCNc1cc2c(cc1N)OCCO2. The van der Waals surface area contributed by atoms with Crippen LogP contribution in [0.1, 0.15) is 6.92 Å². The molecule has 0 bridgehead atoms. The first kappa shape index (κ1) is 13.0. The number of rotatable bonds is 5. The lowest BCUT2D eigenvalue weighted by Gasteiger charge is -2.20. The van der Waals surface area contributed by atoms with Crippen LogP contribution >= 0.6 is 0 Å². The Labute approximate surface area is 109 Å². The molecule has 0 radical (unpaired) electrons. The minimum atomic E-state index is -0.768. The van der Waals surface area contributed by atoms with Gasteiger partial charge in [-0.3, -0.25) is 4.21 Å². The van der Waals surface area contributed by atoms with Gasteiger partial charge in [-0.1, -0.05) is 6.92 Å². The van der Waals surface area contributed by atoms with E-state index in [0.717, 1.165) is 5.69 Å². The molecule has 1 aromatic rings. The Morgan fingerprint density at radius 1 is 1.33 bits per heavy atom. The molecule has 0 fully saturated rings. The molecule has 2 rings (SSSR count). The molecule has 5 nitrogen and oxygen atoms in total. The Hall–Kier alpha value is -1.43. The van der Waals surface area contributed by atoms with Crippen molar-refractivity contribution in [1.82, 2.24) is 0 Å². The Kier molecular flexibility index (Phi) is 4.30. The molecule has 0 saturated heterocycles. The van der Waals surface area contributed by atoms with Crippen molar-refractivity contribution in [3.63, 3.8) is 0 Å². The molecular weight excluding hydrogens is 252 g/mol. The summed E-state index contributed by atoms with van der Waals surface area (Å²) >= 11 is 0. The molecule has 0 amide bonds. The van der Waals surface area contributed by atoms with Crippen molar-refractivity contribution in [2.24, 2.45) is 0 Å². The van der Waals surface area contributed by atoms with Crippen LogP contribution in [0.2, 0.25) is 0 Å². The standard InChI is InChI=1S/C12H18N2O3S/c1-2-18(15)6-3-14-10-8-12-11(7-9(10)13)16-4-5-17-12/h7-8,14H,2-6,13H2,1H3. The van der Waals surface area contributed by atoms with Gasteiger partial charge in [-0.2, -0.15) is 0 Å². The summed E-state index contributed by atoms with van der Waals surface area (Å²) in [6.45, 7) is 3.64. The zero-order valence-corrected chi connectivity index (χ0v) is 11.2. The first-order valence-corrected chi connectivity index (χ1v) is 7.47. The molecule has 6 heteroatoms. The zero-order valence-electron chi connectivity index (χ0n) is 10.4. The van der Waals surface area contributed by atoms with E-state index in [1.165, 1.54) is 0 Å². The highest BCUT2D eigenvalue weighted by molar-refractivity contribution is 7.84. The van der Waals surface area contributed by atoms with Crippen LogP contribution in [0.3, 0.4) is 0 Å². The second-order valence-corrected chi connectivity index (χ2v) is 5.81. The summed E-state index contributed by atoms with van der Waals surface area (Å²) in [5.74, 6) is 2.68. The maximum Gasteiger partial charge on any atom is 0.163 e. The van der Waals surface area contributed by atoms with Gasteiger partial charge in [0.2, 0.25) is 0 Å². The Morgan fingerprint density at radius 3 is 2.67 bits per heavy atom. The molecule has 0 saturated carbocycles. The number of nitrogen functional groups attached to an aromatic ring is 1. The normalized spacial score (nSPS) is 15.2. The van der Waals surface area contributed by atoms with E-state index in [9.17, 15) is 4.21 Å². The van der Waals surface area contributed by atoms with Gasteiger partial charge < -0.3 is 20.5 Å². The summed E-state index contributed by atoms with van der Waals surface area (Å²) in [6.07, 6.45) is 0. The van der Waals surface area contributed by atoms with E-state index in [1.54, 1.807) is 6.07 Å². The van der Waals surface area contributed by atoms with Gasteiger partial charge in [-0.25, -0.2) is 0 Å². The van der Waals surface area contributed by atoms with Crippen LogP contribution in [0.25, 0.3) is 0 Å². The van der Waals surface area contributed by atoms with Crippen molar-refractivity contribution >= 4 is 22.2 Å². The van der Waals surface area contributed by atoms with E-state index in [4.69, 9.17) is 15.2 Å². The van der Waals surface area contributed by atoms with E-state index in [1.807, 2.05) is 13.0 Å². The predicted octanol–water partition coefficient (Wildman–Crippen LogP) is 1.22. The van der Waals surface area contributed by atoms with Gasteiger partial charge in [0.05, 0.1) is 11.4 Å². The molecule has 1 heterocycles. The van der Waals surface area contributed by atoms with Crippen LogP contribution in [0.4, 0.5) is 11.4 Å². The predicted molar refractivity (Wildman–Crippen MR) is 73.9 cm³/mol. The summed E-state index contributed by atoms with van der Waals surface area (Å²) < 4.78 is 22.2. The topological polar surface area (TPSA) is 73.6 Å². The third-order valence-corrected chi connectivity index (χ3v) is 3.98. The molecule has 0 aliphatic carbocycles. The molecule has 1 aliphatic rings. The van der Waals surface area contributed by atoms with Gasteiger partial charge in [0.25, 0.3) is 0 Å². The van der Waals surface area contributed by atoms with E-state index >= 15 is 0 Å². The van der Waals surface area contributed by atoms with E-state index in [2.05, 4.69) is 5.32 Å². The summed E-state index contributed by atoms with van der Waals surface area (Å²) in [6, 6.07) is 3.59. The van der Waals surface area contributed by atoms with Gasteiger partial charge in [0, 0.05) is 41.0 Å². The first-order valence-electron chi connectivity index (χ1n) is 5.98. The van der Waals surface area contributed by atoms with Gasteiger partial charge >= 0.3 is 0 Å². The number of nitrogens with one attached hydrogen (secondary N) is 1. The minimum absolute atomic E-state index is 0.550. The number of nitrogens with two attached hydrogens (primary N) is 1. The van der Waals surface area contributed by atoms with Crippen LogP contribution in [0.15, 0.2) is 12.1 Å². The molecule has 1 unspecified atom stereocenters. The van der Waals surface area contributed by atoms with E-state index in [-0.39, 0.29) is 0 Å². The lowest BCUT2D eigenvalue weighted by atomic mass is 10.2.